The Morgan fingerprint density at radius 1 is 1.11 bits per heavy atom. The molecular weight excluding hydrogens is 390 g/mol. The molecule has 0 fully saturated rings. The Morgan fingerprint density at radius 3 is 2.41 bits per heavy atom. The Hall–Kier alpha value is -1.95. The second kappa shape index (κ2) is 9.83. The van der Waals surface area contributed by atoms with E-state index in [0.29, 0.717) is 17.0 Å². The van der Waals surface area contributed by atoms with Crippen molar-refractivity contribution in [2.45, 2.75) is 32.4 Å². The topological polar surface area (TPSA) is 58.2 Å². The fourth-order valence-corrected chi connectivity index (χ4v) is 3.16. The van der Waals surface area contributed by atoms with E-state index in [2.05, 4.69) is 10.6 Å². The first-order valence-corrected chi connectivity index (χ1v) is 9.25. The Kier molecular flexibility index (Phi) is 7.78. The van der Waals surface area contributed by atoms with E-state index in [0.717, 1.165) is 5.56 Å². The zero-order chi connectivity index (χ0) is 20.0. The minimum atomic E-state index is -0.603. The number of halogens is 3. The number of carbonyl (C=O) groups is 2. The first-order chi connectivity index (χ1) is 12.8. The lowest BCUT2D eigenvalue weighted by atomic mass is 10.0. The monoisotopic (exact) mass is 410 g/mol. The Labute approximate surface area is 168 Å². The number of rotatable bonds is 8. The summed E-state index contributed by atoms with van der Waals surface area (Å²) in [5.74, 6) is -1.03. The van der Waals surface area contributed by atoms with Crippen LogP contribution in [0.1, 0.15) is 31.0 Å². The zero-order valence-corrected chi connectivity index (χ0v) is 16.6. The van der Waals surface area contributed by atoms with Crippen molar-refractivity contribution < 1.29 is 14.0 Å². The van der Waals surface area contributed by atoms with Gasteiger partial charge in [-0.15, -0.1) is 0 Å². The lowest BCUT2D eigenvalue weighted by Crippen LogP contribution is -2.45. The summed E-state index contributed by atoms with van der Waals surface area (Å²) in [5.41, 5.74) is 1.46. The van der Waals surface area contributed by atoms with Crippen molar-refractivity contribution in [2.24, 2.45) is 0 Å². The number of ketones is 1. The lowest BCUT2D eigenvalue weighted by Gasteiger charge is -2.19. The van der Waals surface area contributed by atoms with E-state index >= 15 is 0 Å². The van der Waals surface area contributed by atoms with Gasteiger partial charge in [0.1, 0.15) is 5.82 Å². The molecule has 0 aliphatic heterocycles. The third-order valence-corrected chi connectivity index (χ3v) is 4.80. The van der Waals surface area contributed by atoms with E-state index in [1.165, 1.54) is 19.1 Å². The number of amides is 1. The van der Waals surface area contributed by atoms with Crippen LogP contribution in [0.4, 0.5) is 4.39 Å². The summed E-state index contributed by atoms with van der Waals surface area (Å²) in [6.07, 6.45) is 0.422. The molecule has 7 heteroatoms. The van der Waals surface area contributed by atoms with Crippen LogP contribution < -0.4 is 10.6 Å². The van der Waals surface area contributed by atoms with Crippen LogP contribution in [0.15, 0.2) is 42.5 Å². The van der Waals surface area contributed by atoms with E-state index in [-0.39, 0.29) is 29.3 Å². The second-order valence-corrected chi connectivity index (χ2v) is 7.13. The third-order valence-electron chi connectivity index (χ3n) is 4.18. The van der Waals surface area contributed by atoms with Crippen molar-refractivity contribution in [3.8, 4) is 0 Å². The van der Waals surface area contributed by atoms with Crippen molar-refractivity contribution in [2.75, 3.05) is 6.54 Å². The van der Waals surface area contributed by atoms with Gasteiger partial charge in [-0.2, -0.15) is 0 Å². The minimum Gasteiger partial charge on any atom is -0.345 e. The van der Waals surface area contributed by atoms with Crippen molar-refractivity contribution in [1.82, 2.24) is 10.6 Å². The maximum absolute atomic E-state index is 13.7. The molecule has 0 bridgehead atoms. The maximum Gasteiger partial charge on any atom is 0.234 e. The summed E-state index contributed by atoms with van der Waals surface area (Å²) in [7, 11) is 0. The summed E-state index contributed by atoms with van der Waals surface area (Å²) in [5, 5.41) is 5.96. The number of carbonyl (C=O) groups excluding carboxylic acids is 2. The summed E-state index contributed by atoms with van der Waals surface area (Å²) < 4.78 is 13.7. The van der Waals surface area contributed by atoms with E-state index in [9.17, 15) is 14.0 Å². The highest BCUT2D eigenvalue weighted by Gasteiger charge is 2.19. The number of benzene rings is 2. The Bertz CT molecular complexity index is 815. The second-order valence-electron chi connectivity index (χ2n) is 6.31. The van der Waals surface area contributed by atoms with Gasteiger partial charge in [0.15, 0.2) is 5.78 Å². The normalized spacial score (nSPS) is 13.1. The van der Waals surface area contributed by atoms with Crippen LogP contribution in [-0.4, -0.2) is 24.3 Å². The predicted molar refractivity (Wildman–Crippen MR) is 106 cm³/mol. The van der Waals surface area contributed by atoms with Crippen LogP contribution in [-0.2, 0) is 16.0 Å². The van der Waals surface area contributed by atoms with Crippen molar-refractivity contribution in [1.29, 1.82) is 0 Å². The van der Waals surface area contributed by atoms with Crippen LogP contribution in [0.5, 0.6) is 0 Å². The van der Waals surface area contributed by atoms with E-state index in [4.69, 9.17) is 23.2 Å². The molecule has 0 aliphatic rings. The fraction of sp³-hybridized carbons (Fsp3) is 0.300. The first kappa shape index (κ1) is 21.4. The molecule has 2 aromatic carbocycles. The molecule has 144 valence electrons. The van der Waals surface area contributed by atoms with Crippen LogP contribution in [0.25, 0.3) is 0 Å². The molecule has 0 radical (unpaired) electrons. The van der Waals surface area contributed by atoms with Gasteiger partial charge in [-0.3, -0.25) is 9.59 Å². The molecule has 2 rings (SSSR count). The average Bonchev–Trinajstić information content (AvgIpc) is 2.63. The van der Waals surface area contributed by atoms with Gasteiger partial charge in [0.2, 0.25) is 5.91 Å². The molecule has 27 heavy (non-hydrogen) atoms. The SMILES string of the molecule is CC(=O)[C@H](Cc1ccccc1)NC(=O)CN[C@H](C)c1cc(F)c(Cl)cc1Cl. The van der Waals surface area contributed by atoms with Gasteiger partial charge < -0.3 is 10.6 Å². The van der Waals surface area contributed by atoms with Crippen LogP contribution in [0.2, 0.25) is 10.0 Å². The summed E-state index contributed by atoms with van der Waals surface area (Å²) in [4.78, 5) is 24.1. The van der Waals surface area contributed by atoms with Crippen LogP contribution in [0, 0.1) is 5.82 Å². The number of nitrogens with one attached hydrogen (secondary N) is 2. The molecule has 2 N–H and O–H groups in total. The van der Waals surface area contributed by atoms with Gasteiger partial charge in [-0.1, -0.05) is 53.5 Å². The Morgan fingerprint density at radius 2 is 1.78 bits per heavy atom. The molecule has 0 saturated heterocycles. The van der Waals surface area contributed by atoms with Crippen molar-refractivity contribution in [3.63, 3.8) is 0 Å². The predicted octanol–water partition coefficient (Wildman–Crippen LogP) is 4.10. The first-order valence-electron chi connectivity index (χ1n) is 8.49. The lowest BCUT2D eigenvalue weighted by molar-refractivity contribution is -0.126. The molecule has 0 aromatic heterocycles. The quantitative estimate of drug-likeness (QED) is 0.644. The average molecular weight is 411 g/mol. The van der Waals surface area contributed by atoms with E-state index in [1.54, 1.807) is 6.92 Å². The molecule has 0 aliphatic carbocycles. The molecule has 0 spiro atoms. The molecular formula is C20H21Cl2FN2O2. The van der Waals surface area contributed by atoms with Crippen molar-refractivity contribution >= 4 is 34.9 Å². The fourth-order valence-electron chi connectivity index (χ4n) is 2.62. The zero-order valence-electron chi connectivity index (χ0n) is 15.1. The summed E-state index contributed by atoms with van der Waals surface area (Å²) >= 11 is 11.8. The molecule has 4 nitrogen and oxygen atoms in total. The highest BCUT2D eigenvalue weighted by molar-refractivity contribution is 6.35. The molecule has 0 unspecified atom stereocenters. The number of hydrogen-bond acceptors (Lipinski definition) is 3. The largest absolute Gasteiger partial charge is 0.345 e. The maximum atomic E-state index is 13.7. The van der Waals surface area contributed by atoms with Gasteiger partial charge in [-0.05, 0) is 43.5 Å². The molecule has 2 atom stereocenters. The number of hydrogen-bond donors (Lipinski definition) is 2. The molecule has 1 amide bonds. The van der Waals surface area contributed by atoms with Gasteiger partial charge in [0.25, 0.3) is 0 Å². The Balaban J connectivity index is 1.94. The third kappa shape index (κ3) is 6.31. The van der Waals surface area contributed by atoms with Gasteiger partial charge >= 0.3 is 0 Å². The van der Waals surface area contributed by atoms with Crippen LogP contribution >= 0.6 is 23.2 Å². The van der Waals surface area contributed by atoms with E-state index in [1.807, 2.05) is 30.3 Å². The standard InChI is InChI=1S/C20H21Cl2FN2O2/c1-12(15-9-18(23)17(22)10-16(15)21)24-11-20(27)25-19(13(2)26)8-14-6-4-3-5-7-14/h3-7,9-10,12,19,24H,8,11H2,1-2H3,(H,25,27)/t12-,19+/m1/s1. The smallest absolute Gasteiger partial charge is 0.234 e. The minimum absolute atomic E-state index is 0.0414. The van der Waals surface area contributed by atoms with Gasteiger partial charge in [0, 0.05) is 11.1 Å². The summed E-state index contributed by atoms with van der Waals surface area (Å²) in [6.45, 7) is 3.16. The molecule has 0 saturated carbocycles. The summed E-state index contributed by atoms with van der Waals surface area (Å²) in [6, 6.07) is 11.1. The van der Waals surface area contributed by atoms with Gasteiger partial charge in [-0.25, -0.2) is 4.39 Å². The molecule has 2 aromatic rings. The van der Waals surface area contributed by atoms with E-state index < -0.39 is 11.9 Å². The highest BCUT2D eigenvalue weighted by atomic mass is 35.5. The highest BCUT2D eigenvalue weighted by Crippen LogP contribution is 2.28. The molecule has 0 heterocycles. The van der Waals surface area contributed by atoms with Crippen LogP contribution in [0.3, 0.4) is 0 Å². The van der Waals surface area contributed by atoms with Gasteiger partial charge in [0.05, 0.1) is 17.6 Å². The van der Waals surface area contributed by atoms with Crippen molar-refractivity contribution in [3.05, 3.63) is 69.5 Å². The number of Topliss-reactive ketones (excluding diaryl/α,β-unsaturated/α-hetero) is 1.